The normalized spacial score (nSPS) is 31.1. The Balaban J connectivity index is 1.97. The maximum atomic E-state index is 12.9. The highest BCUT2D eigenvalue weighted by molar-refractivity contribution is 5.57. The van der Waals surface area contributed by atoms with Crippen LogP contribution in [0, 0.1) is 22.2 Å². The summed E-state index contributed by atoms with van der Waals surface area (Å²) in [5, 5.41) is 0. The van der Waals surface area contributed by atoms with Crippen LogP contribution in [0.15, 0.2) is 58.5 Å². The maximum absolute atomic E-state index is 12.9. The molecule has 1 aliphatic heterocycles. The summed E-state index contributed by atoms with van der Waals surface area (Å²) in [7, 11) is 0. The molecule has 4 rings (SSSR count). The van der Waals surface area contributed by atoms with E-state index in [1.807, 2.05) is 26.8 Å². The Morgan fingerprint density at radius 2 is 1.75 bits per heavy atom. The summed E-state index contributed by atoms with van der Waals surface area (Å²) >= 11 is 0. The Hall–Kier alpha value is -2.30. The smallest absolute Gasteiger partial charge is 0.419 e. The van der Waals surface area contributed by atoms with Gasteiger partial charge in [-0.2, -0.15) is 0 Å². The Morgan fingerprint density at radius 1 is 1.04 bits per heavy atom. The molecule has 3 atom stereocenters. The van der Waals surface area contributed by atoms with Crippen molar-refractivity contribution < 1.29 is 19.0 Å². The molecule has 4 aliphatic rings. The lowest BCUT2D eigenvalue weighted by atomic mass is 9.57. The predicted octanol–water partition coefficient (Wildman–Crippen LogP) is 5.13. The lowest BCUT2D eigenvalue weighted by molar-refractivity contribution is -0.464. The van der Waals surface area contributed by atoms with E-state index in [1.165, 1.54) is 11.1 Å². The van der Waals surface area contributed by atoms with Gasteiger partial charge in [-0.3, -0.25) is 0 Å². The Morgan fingerprint density at radius 3 is 2.46 bits per heavy atom. The second-order valence-corrected chi connectivity index (χ2v) is 8.06. The van der Waals surface area contributed by atoms with Crippen molar-refractivity contribution in [3.63, 3.8) is 0 Å². The monoisotopic (exact) mass is 384 g/mol. The van der Waals surface area contributed by atoms with E-state index in [0.717, 1.165) is 41.1 Å². The molecule has 0 N–H and O–H groups in total. The minimum Gasteiger partial charge on any atom is -0.490 e. The molecule has 3 unspecified atom stereocenters. The molecule has 0 radical (unpaired) electrons. The third kappa shape index (κ3) is 3.01. The minimum absolute atomic E-state index is 0.368. The molecule has 1 heterocycles. The third-order valence-corrected chi connectivity index (χ3v) is 6.30. The summed E-state index contributed by atoms with van der Waals surface area (Å²) in [5.41, 5.74) is 3.26. The highest BCUT2D eigenvalue weighted by atomic mass is 16.5. The van der Waals surface area contributed by atoms with Gasteiger partial charge < -0.3 is 14.2 Å². The van der Waals surface area contributed by atoms with E-state index in [1.54, 1.807) is 6.20 Å². The van der Waals surface area contributed by atoms with Crippen LogP contribution >= 0.6 is 0 Å². The summed E-state index contributed by atoms with van der Waals surface area (Å²) in [6.45, 7) is 9.78. The van der Waals surface area contributed by atoms with Crippen molar-refractivity contribution in [1.82, 2.24) is 0 Å². The van der Waals surface area contributed by atoms with Gasteiger partial charge in [0.1, 0.15) is 4.76 Å². The summed E-state index contributed by atoms with van der Waals surface area (Å²) in [6.07, 6.45) is 10.9. The molecular formula is C23H30NO4+. The summed E-state index contributed by atoms with van der Waals surface area (Å²) < 4.78 is 18.5. The molecule has 5 heteroatoms. The predicted molar refractivity (Wildman–Crippen MR) is 107 cm³/mol. The van der Waals surface area contributed by atoms with Gasteiger partial charge in [0.05, 0.1) is 19.8 Å². The van der Waals surface area contributed by atoms with E-state index < -0.39 is 5.41 Å². The molecule has 0 aromatic heterocycles. The van der Waals surface area contributed by atoms with Gasteiger partial charge in [0, 0.05) is 22.0 Å². The number of fused-ring (bicyclic) bond motifs is 1. The van der Waals surface area contributed by atoms with Crippen LogP contribution in [0.1, 0.15) is 47.0 Å². The molecule has 1 saturated carbocycles. The van der Waals surface area contributed by atoms with Crippen LogP contribution in [0.4, 0.5) is 0 Å². The van der Waals surface area contributed by atoms with Gasteiger partial charge in [-0.15, -0.1) is 0 Å². The first-order chi connectivity index (χ1) is 13.5. The average molecular weight is 384 g/mol. The molecule has 5 nitrogen and oxygen atoms in total. The van der Waals surface area contributed by atoms with E-state index in [2.05, 4.69) is 19.1 Å². The summed E-state index contributed by atoms with van der Waals surface area (Å²) in [6, 6.07) is 0. The van der Waals surface area contributed by atoms with Gasteiger partial charge in [0.2, 0.25) is 6.20 Å². The zero-order valence-corrected chi connectivity index (χ0v) is 17.3. The van der Waals surface area contributed by atoms with E-state index in [4.69, 9.17) is 14.2 Å². The van der Waals surface area contributed by atoms with Crippen molar-refractivity contribution in [1.29, 1.82) is 0 Å². The standard InChI is InChI=1S/C23H30NO4/c1-5-26-20-10-19-18-9-16-11-23(19,12-21(20)27-6-2)13-22(28-7-3)24(25)14-17(18)8-15(16)4/h10,12-16H,5-9,11H2,1-4H3/q+1. The molecule has 0 aromatic rings. The van der Waals surface area contributed by atoms with Crippen LogP contribution in [0.25, 0.3) is 0 Å². The van der Waals surface area contributed by atoms with Crippen LogP contribution in [0.2, 0.25) is 0 Å². The van der Waals surface area contributed by atoms with E-state index in [0.29, 0.717) is 37.5 Å². The van der Waals surface area contributed by atoms with Crippen LogP contribution in [-0.2, 0) is 14.2 Å². The van der Waals surface area contributed by atoms with E-state index >= 15 is 0 Å². The molecule has 0 saturated heterocycles. The fourth-order valence-electron chi connectivity index (χ4n) is 5.07. The van der Waals surface area contributed by atoms with Crippen molar-refractivity contribution >= 4 is 0 Å². The zero-order chi connectivity index (χ0) is 19.9. The van der Waals surface area contributed by atoms with E-state index in [-0.39, 0.29) is 0 Å². The van der Waals surface area contributed by atoms with Crippen LogP contribution in [-0.4, -0.2) is 24.6 Å². The molecule has 3 aliphatic carbocycles. The SMILES string of the molecule is CCOC1=CC2=C3CC4CC2(C=C1OCC)C=C(OCC)[N+](=O)C=C3CC4C. The molecule has 0 spiro atoms. The van der Waals surface area contributed by atoms with Crippen LogP contribution < -0.4 is 0 Å². The van der Waals surface area contributed by atoms with Crippen molar-refractivity contribution in [2.75, 3.05) is 19.8 Å². The van der Waals surface area contributed by atoms with Gasteiger partial charge in [-0.25, -0.2) is 0 Å². The lowest BCUT2D eigenvalue weighted by Crippen LogP contribution is -2.38. The minimum atomic E-state index is -0.398. The molecule has 28 heavy (non-hydrogen) atoms. The zero-order valence-electron chi connectivity index (χ0n) is 17.3. The molecule has 3 bridgehead atoms. The first-order valence-corrected chi connectivity index (χ1v) is 10.5. The number of hydrogen-bond donors (Lipinski definition) is 0. The third-order valence-electron chi connectivity index (χ3n) is 6.30. The van der Waals surface area contributed by atoms with Crippen molar-refractivity contribution in [3.8, 4) is 0 Å². The van der Waals surface area contributed by atoms with Gasteiger partial charge in [-0.1, -0.05) is 6.92 Å². The lowest BCUT2D eigenvalue weighted by Gasteiger charge is -2.47. The van der Waals surface area contributed by atoms with Gasteiger partial charge in [0.25, 0.3) is 0 Å². The van der Waals surface area contributed by atoms with Crippen molar-refractivity contribution in [2.45, 2.75) is 47.0 Å². The number of nitroso groups, excluding NO2 is 1. The first kappa shape index (κ1) is 19.0. The second kappa shape index (κ2) is 7.26. The topological polar surface area (TPSA) is 47.8 Å². The Labute approximate surface area is 167 Å². The number of nitrogens with zero attached hydrogens (tertiary/aromatic N) is 1. The fourth-order valence-corrected chi connectivity index (χ4v) is 5.07. The van der Waals surface area contributed by atoms with Crippen LogP contribution in [0.5, 0.6) is 0 Å². The number of ether oxygens (including phenoxy) is 3. The Kier molecular flexibility index (Phi) is 4.94. The van der Waals surface area contributed by atoms with Gasteiger partial charge >= 0.3 is 5.88 Å². The molecule has 1 fully saturated rings. The number of hydrogen-bond acceptors (Lipinski definition) is 4. The van der Waals surface area contributed by atoms with Crippen molar-refractivity contribution in [3.05, 3.63) is 63.5 Å². The maximum Gasteiger partial charge on any atom is 0.419 e. The molecule has 0 aromatic carbocycles. The second-order valence-electron chi connectivity index (χ2n) is 8.06. The highest BCUT2D eigenvalue weighted by Crippen LogP contribution is 2.57. The fraction of sp³-hybridized carbons (Fsp3) is 0.565. The molecule has 0 amide bonds. The van der Waals surface area contributed by atoms with E-state index in [9.17, 15) is 4.91 Å². The first-order valence-electron chi connectivity index (χ1n) is 10.5. The Bertz CT molecular complexity index is 845. The number of allylic oxidation sites excluding steroid dienone is 6. The quantitative estimate of drug-likeness (QED) is 0.596. The van der Waals surface area contributed by atoms with Gasteiger partial charge in [0.15, 0.2) is 11.5 Å². The average Bonchev–Trinajstić information content (AvgIpc) is 2.66. The van der Waals surface area contributed by atoms with Crippen LogP contribution in [0.3, 0.4) is 0 Å². The highest BCUT2D eigenvalue weighted by Gasteiger charge is 2.49. The summed E-state index contributed by atoms with van der Waals surface area (Å²) in [4.78, 5) is 12.9. The molecular weight excluding hydrogens is 354 g/mol. The largest absolute Gasteiger partial charge is 0.490 e. The van der Waals surface area contributed by atoms with Gasteiger partial charge in [-0.05, 0) is 75.2 Å². The van der Waals surface area contributed by atoms with Crippen molar-refractivity contribution in [2.24, 2.45) is 17.3 Å². The number of rotatable bonds is 6. The molecule has 150 valence electrons. The summed E-state index contributed by atoms with van der Waals surface area (Å²) in [5.74, 6) is 3.04.